The van der Waals surface area contributed by atoms with Gasteiger partial charge < -0.3 is 0 Å². The molecule has 2 N–H and O–H groups in total. The van der Waals surface area contributed by atoms with Crippen LogP contribution in [0, 0.1) is 0 Å². The molecule has 0 saturated heterocycles. The molecule has 0 atom stereocenters. The molecule has 0 aromatic carbocycles. The summed E-state index contributed by atoms with van der Waals surface area (Å²) in [6, 6.07) is 7.01. The lowest BCUT2D eigenvalue weighted by atomic mass is 10.1. The van der Waals surface area contributed by atoms with E-state index in [9.17, 15) is 4.79 Å². The van der Waals surface area contributed by atoms with Gasteiger partial charge in [0.2, 0.25) is 5.95 Å². The number of hydrogen-bond donors (Lipinski definition) is 2. The third-order valence-electron chi connectivity index (χ3n) is 2.41. The van der Waals surface area contributed by atoms with Crippen LogP contribution in [0.25, 0.3) is 0 Å². The Balaban J connectivity index is 2.12. The van der Waals surface area contributed by atoms with Crippen LogP contribution in [-0.2, 0) is 0 Å². The monoisotopic (exact) mass is 257 g/mol. The van der Waals surface area contributed by atoms with Gasteiger partial charge in [0.15, 0.2) is 0 Å². The Kier molecular flexibility index (Phi) is 4.02. The number of pyridine rings is 1. The molecule has 98 valence electrons. The van der Waals surface area contributed by atoms with E-state index >= 15 is 0 Å². The topological polar surface area (TPSA) is 83.0 Å². The first-order chi connectivity index (χ1) is 9.15. The number of nitrogens with zero attached hydrogens (tertiary/aromatic N) is 3. The van der Waals surface area contributed by atoms with Crippen molar-refractivity contribution in [3.8, 4) is 0 Å². The van der Waals surface area contributed by atoms with Gasteiger partial charge in [-0.2, -0.15) is 5.10 Å². The lowest BCUT2D eigenvalue weighted by Gasteiger charge is -2.05. The Bertz CT molecular complexity index is 618. The molecule has 0 aliphatic carbocycles. The Morgan fingerprint density at radius 1 is 1.42 bits per heavy atom. The zero-order chi connectivity index (χ0) is 13.7. The molecule has 2 rings (SSSR count). The van der Waals surface area contributed by atoms with Crippen molar-refractivity contribution in [2.24, 2.45) is 5.10 Å². The van der Waals surface area contributed by atoms with Gasteiger partial charge in [0.25, 0.3) is 5.56 Å². The smallest absolute Gasteiger partial charge is 0.252 e. The van der Waals surface area contributed by atoms with E-state index in [2.05, 4.69) is 25.5 Å². The van der Waals surface area contributed by atoms with Crippen molar-refractivity contribution >= 4 is 12.2 Å². The largest absolute Gasteiger partial charge is 0.291 e. The average Bonchev–Trinajstić information content (AvgIpc) is 2.39. The minimum atomic E-state index is -0.200. The van der Waals surface area contributed by atoms with Crippen molar-refractivity contribution in [2.75, 3.05) is 5.43 Å². The molecule has 0 spiro atoms. The van der Waals surface area contributed by atoms with Gasteiger partial charge in [0.05, 0.1) is 17.6 Å². The van der Waals surface area contributed by atoms with E-state index in [4.69, 9.17) is 0 Å². The van der Waals surface area contributed by atoms with Crippen LogP contribution in [0.3, 0.4) is 0 Å². The molecule has 2 heterocycles. The lowest BCUT2D eigenvalue weighted by molar-refractivity contribution is 0.810. The first kappa shape index (κ1) is 12.9. The molecule has 0 aliphatic heterocycles. The van der Waals surface area contributed by atoms with E-state index in [1.54, 1.807) is 12.4 Å². The van der Waals surface area contributed by atoms with Gasteiger partial charge in [-0.1, -0.05) is 19.9 Å². The van der Waals surface area contributed by atoms with E-state index < -0.39 is 0 Å². The SMILES string of the molecule is CC(C)c1cc(=O)[nH]c(N/N=C\c2ccccn2)n1. The third kappa shape index (κ3) is 3.74. The highest BCUT2D eigenvalue weighted by molar-refractivity contribution is 5.77. The van der Waals surface area contributed by atoms with Gasteiger partial charge >= 0.3 is 0 Å². The molecule has 0 saturated carbocycles. The highest BCUT2D eigenvalue weighted by Gasteiger charge is 2.04. The first-order valence-corrected chi connectivity index (χ1v) is 5.96. The van der Waals surface area contributed by atoms with E-state index in [1.165, 1.54) is 6.07 Å². The molecule has 0 unspecified atom stereocenters. The molecule has 2 aromatic heterocycles. The van der Waals surface area contributed by atoms with Gasteiger partial charge in [-0.15, -0.1) is 0 Å². The van der Waals surface area contributed by atoms with Gasteiger partial charge in [-0.3, -0.25) is 14.8 Å². The molecule has 6 nitrogen and oxygen atoms in total. The summed E-state index contributed by atoms with van der Waals surface area (Å²) >= 11 is 0. The van der Waals surface area contributed by atoms with E-state index in [0.29, 0.717) is 5.95 Å². The Morgan fingerprint density at radius 2 is 2.26 bits per heavy atom. The molecular weight excluding hydrogens is 242 g/mol. The predicted octanol–water partition coefficient (Wildman–Crippen LogP) is 1.73. The maximum absolute atomic E-state index is 11.4. The Hall–Kier alpha value is -2.50. The number of aromatic nitrogens is 3. The minimum Gasteiger partial charge on any atom is -0.291 e. The summed E-state index contributed by atoms with van der Waals surface area (Å²) in [6.07, 6.45) is 3.24. The molecule has 2 aromatic rings. The molecule has 0 bridgehead atoms. The second-order valence-electron chi connectivity index (χ2n) is 4.30. The molecule has 6 heteroatoms. The highest BCUT2D eigenvalue weighted by Crippen LogP contribution is 2.09. The maximum Gasteiger partial charge on any atom is 0.252 e. The van der Waals surface area contributed by atoms with Crippen LogP contribution in [0.15, 0.2) is 40.4 Å². The molecule has 0 amide bonds. The third-order valence-corrected chi connectivity index (χ3v) is 2.41. The Labute approximate surface area is 110 Å². The fourth-order valence-electron chi connectivity index (χ4n) is 1.44. The fraction of sp³-hybridized carbons (Fsp3) is 0.231. The molecular formula is C13H15N5O. The zero-order valence-electron chi connectivity index (χ0n) is 10.8. The van der Waals surface area contributed by atoms with Gasteiger partial charge in [-0.05, 0) is 18.1 Å². The maximum atomic E-state index is 11.4. The van der Waals surface area contributed by atoms with Crippen molar-refractivity contribution in [1.29, 1.82) is 0 Å². The number of H-pyrrole nitrogens is 1. The van der Waals surface area contributed by atoms with Crippen LogP contribution in [0.2, 0.25) is 0 Å². The van der Waals surface area contributed by atoms with Crippen LogP contribution in [0.5, 0.6) is 0 Å². The molecule has 0 aliphatic rings. The van der Waals surface area contributed by atoms with Gasteiger partial charge in [0, 0.05) is 12.3 Å². The number of anilines is 1. The average molecular weight is 257 g/mol. The van der Waals surface area contributed by atoms with Crippen LogP contribution in [0.4, 0.5) is 5.95 Å². The lowest BCUT2D eigenvalue weighted by Crippen LogP contribution is -2.12. The number of aromatic amines is 1. The second-order valence-corrected chi connectivity index (χ2v) is 4.30. The van der Waals surface area contributed by atoms with E-state index in [-0.39, 0.29) is 11.5 Å². The van der Waals surface area contributed by atoms with Crippen LogP contribution >= 0.6 is 0 Å². The fourth-order valence-corrected chi connectivity index (χ4v) is 1.44. The molecule has 19 heavy (non-hydrogen) atoms. The summed E-state index contributed by atoms with van der Waals surface area (Å²) in [6.45, 7) is 3.95. The van der Waals surface area contributed by atoms with Gasteiger partial charge in [-0.25, -0.2) is 10.4 Å². The van der Waals surface area contributed by atoms with E-state index in [1.807, 2.05) is 32.0 Å². The number of rotatable bonds is 4. The zero-order valence-corrected chi connectivity index (χ0v) is 10.8. The normalized spacial score (nSPS) is 11.1. The number of hydrogen-bond acceptors (Lipinski definition) is 5. The molecule has 0 radical (unpaired) electrons. The highest BCUT2D eigenvalue weighted by atomic mass is 16.1. The summed E-state index contributed by atoms with van der Waals surface area (Å²) in [5.41, 5.74) is 3.93. The van der Waals surface area contributed by atoms with Gasteiger partial charge in [0.1, 0.15) is 0 Å². The summed E-state index contributed by atoms with van der Waals surface area (Å²) in [7, 11) is 0. The predicted molar refractivity (Wildman–Crippen MR) is 74.4 cm³/mol. The minimum absolute atomic E-state index is 0.183. The van der Waals surface area contributed by atoms with Crippen LogP contribution < -0.4 is 11.0 Å². The summed E-state index contributed by atoms with van der Waals surface area (Å²) < 4.78 is 0. The summed E-state index contributed by atoms with van der Waals surface area (Å²) in [5, 5.41) is 3.98. The Morgan fingerprint density at radius 3 is 2.95 bits per heavy atom. The quantitative estimate of drug-likeness (QED) is 0.645. The van der Waals surface area contributed by atoms with Crippen molar-refractivity contribution in [1.82, 2.24) is 15.0 Å². The number of nitrogens with one attached hydrogen (secondary N) is 2. The van der Waals surface area contributed by atoms with Crippen LogP contribution in [-0.4, -0.2) is 21.2 Å². The summed E-state index contributed by atoms with van der Waals surface area (Å²) in [5.74, 6) is 0.506. The van der Waals surface area contributed by atoms with Crippen LogP contribution in [0.1, 0.15) is 31.2 Å². The summed E-state index contributed by atoms with van der Waals surface area (Å²) in [4.78, 5) is 22.4. The van der Waals surface area contributed by atoms with Crippen molar-refractivity contribution in [2.45, 2.75) is 19.8 Å². The first-order valence-electron chi connectivity index (χ1n) is 5.96. The van der Waals surface area contributed by atoms with Crippen molar-refractivity contribution in [3.63, 3.8) is 0 Å². The number of hydrazone groups is 1. The second kappa shape index (κ2) is 5.90. The van der Waals surface area contributed by atoms with E-state index in [0.717, 1.165) is 11.4 Å². The molecule has 0 fully saturated rings. The van der Waals surface area contributed by atoms with Crippen molar-refractivity contribution in [3.05, 3.63) is 52.2 Å². The standard InChI is InChI=1S/C13H15N5O/c1-9(2)11-7-12(19)17-13(16-11)18-15-8-10-5-3-4-6-14-10/h3-9H,1-2H3,(H2,16,17,18,19)/b15-8-. The van der Waals surface area contributed by atoms with Crippen molar-refractivity contribution < 1.29 is 0 Å².